The summed E-state index contributed by atoms with van der Waals surface area (Å²) in [4.78, 5) is 41.3. The second-order valence-electron chi connectivity index (χ2n) is 10.8. The Labute approximate surface area is 244 Å². The number of fused-ring (bicyclic) bond motifs is 1. The number of urea groups is 1. The number of nitrogens with zero attached hydrogens (tertiary/aromatic N) is 1. The number of carbonyl (C=O) groups excluding carboxylic acids is 3. The number of amides is 3. The van der Waals surface area contributed by atoms with E-state index in [-0.39, 0.29) is 29.7 Å². The number of ether oxygens (including phenoxy) is 1. The van der Waals surface area contributed by atoms with Gasteiger partial charge in [-0.1, -0.05) is 54.4 Å². The predicted octanol–water partition coefficient (Wildman–Crippen LogP) is 6.26. The van der Waals surface area contributed by atoms with Crippen LogP contribution in [0.2, 0.25) is 10.0 Å². The van der Waals surface area contributed by atoms with Crippen LogP contribution in [0.3, 0.4) is 0 Å². The Bertz CT molecular complexity index is 1400. The molecule has 2 aromatic rings. The maximum atomic E-state index is 13.9. The van der Waals surface area contributed by atoms with Crippen LogP contribution in [-0.2, 0) is 26.2 Å². The summed E-state index contributed by atoms with van der Waals surface area (Å²) in [5.41, 5.74) is 3.04. The number of halogens is 2. The number of esters is 1. The average molecular weight is 583 g/mol. The van der Waals surface area contributed by atoms with Crippen molar-refractivity contribution in [2.45, 2.75) is 44.9 Å². The lowest BCUT2D eigenvalue weighted by atomic mass is 9.65. The molecule has 0 aromatic heterocycles. The second-order valence-corrected chi connectivity index (χ2v) is 11.6. The van der Waals surface area contributed by atoms with E-state index in [0.717, 1.165) is 29.7 Å². The molecule has 1 aliphatic carbocycles. The first kappa shape index (κ1) is 28.2. The Morgan fingerprint density at radius 3 is 2.70 bits per heavy atom. The average Bonchev–Trinajstić information content (AvgIpc) is 3.20. The molecule has 7 nitrogen and oxygen atoms in total. The normalized spacial score (nSPS) is 24.0. The van der Waals surface area contributed by atoms with E-state index in [1.54, 1.807) is 30.0 Å². The third kappa shape index (κ3) is 5.50. The Morgan fingerprint density at radius 1 is 1.15 bits per heavy atom. The third-order valence-electron chi connectivity index (χ3n) is 8.20. The molecule has 210 valence electrons. The van der Waals surface area contributed by atoms with Gasteiger partial charge < -0.3 is 20.3 Å². The molecule has 0 radical (unpaired) electrons. The minimum absolute atomic E-state index is 0.0413. The fraction of sp³-hybridized carbons (Fsp3) is 0.387. The Morgan fingerprint density at radius 2 is 1.95 bits per heavy atom. The molecule has 3 atom stereocenters. The van der Waals surface area contributed by atoms with Gasteiger partial charge in [-0.05, 0) is 80.0 Å². The quantitative estimate of drug-likeness (QED) is 0.394. The molecule has 5 rings (SSSR count). The standard InChI is InChI=1S/C31H33Cl2N3O4/c1-3-40-28(37)21-9-12-26(19(2)14-21)35-30(39)36-13-5-7-22(18-36)31(17-20-6-4-8-23(32)15-20)25-11-10-24(33)16-27(25)34-29(31)38/h4,6,8-12,15-16,19,22H,3,5,7,13-14,17-18H2,1-2H3,(H,34,38)(H,35,39). The van der Waals surface area contributed by atoms with E-state index in [0.29, 0.717) is 53.8 Å². The van der Waals surface area contributed by atoms with Crippen molar-refractivity contribution in [3.05, 3.63) is 87.1 Å². The van der Waals surface area contributed by atoms with Crippen molar-refractivity contribution in [3.63, 3.8) is 0 Å². The SMILES string of the molecule is CCOC(=O)C1=CC=C(NC(=O)N2CCCC(C3(Cc4cccc(Cl)c4)C(=O)Nc4cc(Cl)ccc43)C2)C(C)C1. The smallest absolute Gasteiger partial charge is 0.334 e. The molecule has 0 bridgehead atoms. The summed E-state index contributed by atoms with van der Waals surface area (Å²) in [5.74, 6) is -0.574. The van der Waals surface area contributed by atoms with Gasteiger partial charge in [0.05, 0.1) is 12.0 Å². The number of carbonyl (C=O) groups is 3. The molecule has 2 N–H and O–H groups in total. The first-order chi connectivity index (χ1) is 19.2. The lowest BCUT2D eigenvalue weighted by Crippen LogP contribution is -2.53. The zero-order valence-electron chi connectivity index (χ0n) is 22.6. The largest absolute Gasteiger partial charge is 0.463 e. The molecule has 40 heavy (non-hydrogen) atoms. The molecule has 0 saturated carbocycles. The summed E-state index contributed by atoms with van der Waals surface area (Å²) in [5, 5.41) is 7.30. The molecule has 2 aromatic carbocycles. The first-order valence-corrected chi connectivity index (χ1v) is 14.5. The van der Waals surface area contributed by atoms with Gasteiger partial charge in [-0.25, -0.2) is 9.59 Å². The Kier molecular flexibility index (Phi) is 8.24. The predicted molar refractivity (Wildman–Crippen MR) is 156 cm³/mol. The van der Waals surface area contributed by atoms with Gasteiger partial charge in [0.15, 0.2) is 0 Å². The highest BCUT2D eigenvalue weighted by molar-refractivity contribution is 6.31. The van der Waals surface area contributed by atoms with Crippen LogP contribution in [0.5, 0.6) is 0 Å². The van der Waals surface area contributed by atoms with Gasteiger partial charge >= 0.3 is 12.0 Å². The molecule has 1 fully saturated rings. The zero-order chi connectivity index (χ0) is 28.4. The molecule has 3 aliphatic rings. The molecule has 0 spiro atoms. The second kappa shape index (κ2) is 11.7. The lowest BCUT2D eigenvalue weighted by Gasteiger charge is -2.42. The highest BCUT2D eigenvalue weighted by Gasteiger charge is 2.53. The number of likely N-dealkylation sites (tertiary alicyclic amines) is 1. The molecular formula is C31H33Cl2N3O4. The Hall–Kier alpha value is -3.29. The van der Waals surface area contributed by atoms with E-state index in [9.17, 15) is 14.4 Å². The van der Waals surface area contributed by atoms with Crippen molar-refractivity contribution in [1.29, 1.82) is 0 Å². The van der Waals surface area contributed by atoms with E-state index < -0.39 is 5.41 Å². The fourth-order valence-electron chi connectivity index (χ4n) is 6.23. The number of nitrogens with one attached hydrogen (secondary N) is 2. The topological polar surface area (TPSA) is 87.7 Å². The summed E-state index contributed by atoms with van der Waals surface area (Å²) in [6, 6.07) is 12.9. The summed E-state index contributed by atoms with van der Waals surface area (Å²) in [6.45, 7) is 5.09. The molecular weight excluding hydrogens is 549 g/mol. The van der Waals surface area contributed by atoms with Gasteiger partial charge in [-0.2, -0.15) is 0 Å². The molecule has 2 aliphatic heterocycles. The molecule has 2 heterocycles. The number of hydrogen-bond acceptors (Lipinski definition) is 4. The van der Waals surface area contributed by atoms with Crippen LogP contribution < -0.4 is 10.6 Å². The van der Waals surface area contributed by atoms with Gasteiger partial charge in [-0.3, -0.25) is 4.79 Å². The van der Waals surface area contributed by atoms with Gasteiger partial charge in [0.2, 0.25) is 5.91 Å². The van der Waals surface area contributed by atoms with Crippen LogP contribution in [0.15, 0.2) is 65.9 Å². The first-order valence-electron chi connectivity index (χ1n) is 13.7. The third-order valence-corrected chi connectivity index (χ3v) is 8.67. The van der Waals surface area contributed by atoms with Crippen molar-refractivity contribution in [2.75, 3.05) is 25.0 Å². The van der Waals surface area contributed by atoms with Crippen LogP contribution >= 0.6 is 23.2 Å². The highest BCUT2D eigenvalue weighted by atomic mass is 35.5. The molecule has 9 heteroatoms. The van der Waals surface area contributed by atoms with E-state index in [1.165, 1.54) is 0 Å². The molecule has 3 unspecified atom stereocenters. The summed E-state index contributed by atoms with van der Waals surface area (Å²) >= 11 is 12.6. The number of piperidine rings is 1. The van der Waals surface area contributed by atoms with E-state index in [1.807, 2.05) is 43.3 Å². The lowest BCUT2D eigenvalue weighted by molar-refractivity contribution is -0.138. The van der Waals surface area contributed by atoms with Gasteiger partial charge in [0.25, 0.3) is 0 Å². The van der Waals surface area contributed by atoms with E-state index in [2.05, 4.69) is 10.6 Å². The van der Waals surface area contributed by atoms with Crippen molar-refractivity contribution in [1.82, 2.24) is 10.2 Å². The van der Waals surface area contributed by atoms with E-state index >= 15 is 0 Å². The number of allylic oxidation sites excluding steroid dienone is 3. The summed E-state index contributed by atoms with van der Waals surface area (Å²) in [6.07, 6.45) is 6.02. The maximum absolute atomic E-state index is 13.9. The minimum atomic E-state index is -0.877. The van der Waals surface area contributed by atoms with Crippen molar-refractivity contribution in [2.24, 2.45) is 11.8 Å². The zero-order valence-corrected chi connectivity index (χ0v) is 24.1. The highest BCUT2D eigenvalue weighted by Crippen LogP contribution is 2.49. The molecule has 1 saturated heterocycles. The molecule has 3 amide bonds. The van der Waals surface area contributed by atoms with Crippen molar-refractivity contribution in [3.8, 4) is 0 Å². The van der Waals surface area contributed by atoms with Crippen LogP contribution in [0.25, 0.3) is 0 Å². The fourth-order valence-corrected chi connectivity index (χ4v) is 6.61. The number of anilines is 1. The van der Waals surface area contributed by atoms with Crippen LogP contribution in [0, 0.1) is 11.8 Å². The van der Waals surface area contributed by atoms with Crippen molar-refractivity contribution >= 4 is 46.8 Å². The van der Waals surface area contributed by atoms with E-state index in [4.69, 9.17) is 27.9 Å². The van der Waals surface area contributed by atoms with Crippen LogP contribution in [0.1, 0.15) is 44.2 Å². The number of hydrogen-bond donors (Lipinski definition) is 2. The van der Waals surface area contributed by atoms with Crippen LogP contribution in [-0.4, -0.2) is 42.5 Å². The minimum Gasteiger partial charge on any atom is -0.463 e. The van der Waals surface area contributed by atoms with Gasteiger partial charge in [0, 0.05) is 46.0 Å². The van der Waals surface area contributed by atoms with Gasteiger partial charge in [-0.15, -0.1) is 0 Å². The summed E-state index contributed by atoms with van der Waals surface area (Å²) in [7, 11) is 0. The maximum Gasteiger partial charge on any atom is 0.334 e. The Balaban J connectivity index is 1.40. The number of benzene rings is 2. The monoisotopic (exact) mass is 581 g/mol. The number of rotatable bonds is 6. The van der Waals surface area contributed by atoms with Crippen LogP contribution in [0.4, 0.5) is 10.5 Å². The summed E-state index contributed by atoms with van der Waals surface area (Å²) < 4.78 is 5.12. The van der Waals surface area contributed by atoms with Gasteiger partial charge in [0.1, 0.15) is 0 Å². The van der Waals surface area contributed by atoms with Crippen molar-refractivity contribution < 1.29 is 19.1 Å².